The van der Waals surface area contributed by atoms with E-state index in [-0.39, 0.29) is 11.3 Å². The SMILES string of the molecule is CC(C)(C)c1csc(N)c1C(=O)NCc1ccccc1. The molecular formula is C16H20N2OS. The Kier molecular flexibility index (Phi) is 4.14. The Morgan fingerprint density at radius 2 is 1.90 bits per heavy atom. The molecule has 0 aliphatic carbocycles. The van der Waals surface area contributed by atoms with Gasteiger partial charge in [-0.1, -0.05) is 51.1 Å². The molecule has 1 aromatic heterocycles. The zero-order valence-electron chi connectivity index (χ0n) is 12.1. The summed E-state index contributed by atoms with van der Waals surface area (Å²) in [5, 5.41) is 5.51. The highest BCUT2D eigenvalue weighted by Crippen LogP contribution is 2.34. The van der Waals surface area contributed by atoms with Gasteiger partial charge in [0.2, 0.25) is 0 Å². The second kappa shape index (κ2) is 5.67. The average Bonchev–Trinajstić information content (AvgIpc) is 2.79. The van der Waals surface area contributed by atoms with Gasteiger partial charge in [-0.15, -0.1) is 11.3 Å². The second-order valence-electron chi connectivity index (χ2n) is 5.81. The van der Waals surface area contributed by atoms with Crippen LogP contribution in [0.3, 0.4) is 0 Å². The van der Waals surface area contributed by atoms with E-state index in [4.69, 9.17) is 5.73 Å². The van der Waals surface area contributed by atoms with Crippen LogP contribution in [0.5, 0.6) is 0 Å². The van der Waals surface area contributed by atoms with Crippen LogP contribution < -0.4 is 11.1 Å². The summed E-state index contributed by atoms with van der Waals surface area (Å²) >= 11 is 1.42. The second-order valence-corrected chi connectivity index (χ2v) is 6.72. The average molecular weight is 288 g/mol. The number of carbonyl (C=O) groups is 1. The Labute approximate surface area is 123 Å². The quantitative estimate of drug-likeness (QED) is 0.907. The van der Waals surface area contributed by atoms with Crippen LogP contribution in [0.4, 0.5) is 5.00 Å². The van der Waals surface area contributed by atoms with Crippen molar-refractivity contribution < 1.29 is 4.79 Å². The number of hydrogen-bond donors (Lipinski definition) is 2. The third-order valence-electron chi connectivity index (χ3n) is 3.15. The van der Waals surface area contributed by atoms with Crippen molar-refractivity contribution >= 4 is 22.2 Å². The molecule has 0 unspecified atom stereocenters. The Bertz CT molecular complexity index is 597. The number of nitrogens with one attached hydrogen (secondary N) is 1. The first-order chi connectivity index (χ1) is 9.39. The number of hydrogen-bond acceptors (Lipinski definition) is 3. The van der Waals surface area contributed by atoms with Crippen molar-refractivity contribution in [3.8, 4) is 0 Å². The van der Waals surface area contributed by atoms with Crippen LogP contribution in [0.15, 0.2) is 35.7 Å². The smallest absolute Gasteiger partial charge is 0.254 e. The van der Waals surface area contributed by atoms with Gasteiger partial charge in [-0.05, 0) is 21.9 Å². The summed E-state index contributed by atoms with van der Waals surface area (Å²) in [6.45, 7) is 6.77. The van der Waals surface area contributed by atoms with E-state index in [0.717, 1.165) is 11.1 Å². The summed E-state index contributed by atoms with van der Waals surface area (Å²) in [6, 6.07) is 9.85. The van der Waals surface area contributed by atoms with Crippen LogP contribution in [0, 0.1) is 0 Å². The summed E-state index contributed by atoms with van der Waals surface area (Å²) in [4.78, 5) is 12.4. The lowest BCUT2D eigenvalue weighted by molar-refractivity contribution is 0.0950. The van der Waals surface area contributed by atoms with Gasteiger partial charge in [0.1, 0.15) is 0 Å². The van der Waals surface area contributed by atoms with Crippen LogP contribution in [0.2, 0.25) is 0 Å². The van der Waals surface area contributed by atoms with E-state index < -0.39 is 0 Å². The van der Waals surface area contributed by atoms with Gasteiger partial charge in [-0.2, -0.15) is 0 Å². The van der Waals surface area contributed by atoms with Gasteiger partial charge in [-0.3, -0.25) is 4.79 Å². The van der Waals surface area contributed by atoms with Crippen molar-refractivity contribution in [2.45, 2.75) is 32.7 Å². The molecule has 0 atom stereocenters. The number of amides is 1. The van der Waals surface area contributed by atoms with Crippen LogP contribution in [-0.4, -0.2) is 5.91 Å². The molecule has 0 aliphatic rings. The van der Waals surface area contributed by atoms with Gasteiger partial charge < -0.3 is 11.1 Å². The largest absolute Gasteiger partial charge is 0.390 e. The fourth-order valence-electron chi connectivity index (χ4n) is 2.03. The van der Waals surface area contributed by atoms with Gasteiger partial charge >= 0.3 is 0 Å². The molecule has 2 rings (SSSR count). The number of nitrogen functional groups attached to an aromatic ring is 1. The maximum absolute atomic E-state index is 12.4. The molecule has 3 nitrogen and oxygen atoms in total. The van der Waals surface area contributed by atoms with Crippen molar-refractivity contribution in [1.82, 2.24) is 5.32 Å². The first-order valence-electron chi connectivity index (χ1n) is 6.59. The number of carbonyl (C=O) groups excluding carboxylic acids is 1. The molecule has 0 bridgehead atoms. The third-order valence-corrected chi connectivity index (χ3v) is 3.96. The van der Waals surface area contributed by atoms with E-state index in [0.29, 0.717) is 17.1 Å². The van der Waals surface area contributed by atoms with E-state index in [1.807, 2.05) is 35.7 Å². The zero-order chi connectivity index (χ0) is 14.8. The fraction of sp³-hybridized carbons (Fsp3) is 0.312. The third kappa shape index (κ3) is 3.20. The molecule has 20 heavy (non-hydrogen) atoms. The molecule has 0 spiro atoms. The Morgan fingerprint density at radius 3 is 2.50 bits per heavy atom. The van der Waals surface area contributed by atoms with E-state index >= 15 is 0 Å². The molecule has 1 amide bonds. The van der Waals surface area contributed by atoms with E-state index in [9.17, 15) is 4.79 Å². The van der Waals surface area contributed by atoms with Crippen LogP contribution in [-0.2, 0) is 12.0 Å². The minimum Gasteiger partial charge on any atom is -0.390 e. The predicted molar refractivity (Wildman–Crippen MR) is 85.0 cm³/mol. The Morgan fingerprint density at radius 1 is 1.25 bits per heavy atom. The molecule has 1 heterocycles. The Balaban J connectivity index is 2.16. The monoisotopic (exact) mass is 288 g/mol. The summed E-state index contributed by atoms with van der Waals surface area (Å²) < 4.78 is 0. The molecule has 2 aromatic rings. The van der Waals surface area contributed by atoms with Crippen LogP contribution in [0.1, 0.15) is 42.3 Å². The van der Waals surface area contributed by atoms with Crippen molar-refractivity contribution in [3.63, 3.8) is 0 Å². The van der Waals surface area contributed by atoms with Crippen LogP contribution in [0.25, 0.3) is 0 Å². The summed E-state index contributed by atoms with van der Waals surface area (Å²) in [5.74, 6) is -0.0995. The highest BCUT2D eigenvalue weighted by Gasteiger charge is 2.25. The minimum atomic E-state index is -0.0995. The molecule has 0 saturated heterocycles. The molecule has 1 aromatic carbocycles. The molecule has 106 valence electrons. The van der Waals surface area contributed by atoms with Gasteiger partial charge in [0.15, 0.2) is 0 Å². The maximum Gasteiger partial charge on any atom is 0.254 e. The molecule has 0 saturated carbocycles. The summed E-state index contributed by atoms with van der Waals surface area (Å²) in [6.07, 6.45) is 0. The Hall–Kier alpha value is -1.81. The molecule has 0 radical (unpaired) electrons. The van der Waals surface area contributed by atoms with Crippen molar-refractivity contribution in [2.75, 3.05) is 5.73 Å². The first-order valence-corrected chi connectivity index (χ1v) is 7.47. The van der Waals surface area contributed by atoms with Gasteiger partial charge in [0.25, 0.3) is 5.91 Å². The minimum absolute atomic E-state index is 0.0897. The van der Waals surface area contributed by atoms with Gasteiger partial charge in [0, 0.05) is 6.54 Å². The van der Waals surface area contributed by atoms with Gasteiger partial charge in [0.05, 0.1) is 10.6 Å². The van der Waals surface area contributed by atoms with E-state index in [1.54, 1.807) is 0 Å². The standard InChI is InChI=1S/C16H20N2OS/c1-16(2,3)12-10-20-14(17)13(12)15(19)18-9-11-7-5-4-6-8-11/h4-8,10H,9,17H2,1-3H3,(H,18,19). The molecule has 3 N–H and O–H groups in total. The highest BCUT2D eigenvalue weighted by atomic mass is 32.1. The molecule has 0 aliphatic heterocycles. The van der Waals surface area contributed by atoms with Crippen LogP contribution >= 0.6 is 11.3 Å². The van der Waals surface area contributed by atoms with Gasteiger partial charge in [-0.25, -0.2) is 0 Å². The highest BCUT2D eigenvalue weighted by molar-refractivity contribution is 7.14. The predicted octanol–water partition coefficient (Wildman–Crippen LogP) is 3.56. The lowest BCUT2D eigenvalue weighted by Gasteiger charge is -2.19. The lowest BCUT2D eigenvalue weighted by Crippen LogP contribution is -2.26. The lowest BCUT2D eigenvalue weighted by atomic mass is 9.86. The zero-order valence-corrected chi connectivity index (χ0v) is 12.9. The summed E-state index contributed by atoms with van der Waals surface area (Å²) in [5.41, 5.74) is 8.58. The molecular weight excluding hydrogens is 268 g/mol. The first kappa shape index (κ1) is 14.6. The molecule has 4 heteroatoms. The van der Waals surface area contributed by atoms with E-state index in [2.05, 4.69) is 26.1 Å². The number of anilines is 1. The number of nitrogens with two attached hydrogens (primary N) is 1. The van der Waals surface area contributed by atoms with Crippen molar-refractivity contribution in [2.24, 2.45) is 0 Å². The number of benzene rings is 1. The normalized spacial score (nSPS) is 11.3. The van der Waals surface area contributed by atoms with E-state index in [1.165, 1.54) is 11.3 Å². The number of thiophene rings is 1. The summed E-state index contributed by atoms with van der Waals surface area (Å²) in [7, 11) is 0. The van der Waals surface area contributed by atoms with Crippen molar-refractivity contribution in [3.05, 3.63) is 52.4 Å². The maximum atomic E-state index is 12.4. The molecule has 0 fully saturated rings. The fourth-order valence-corrected chi connectivity index (χ4v) is 3.06. The van der Waals surface area contributed by atoms with Crippen molar-refractivity contribution in [1.29, 1.82) is 0 Å². The number of rotatable bonds is 3. The topological polar surface area (TPSA) is 55.1 Å².